The summed E-state index contributed by atoms with van der Waals surface area (Å²) in [6.07, 6.45) is 3.93. The first-order valence-electron chi connectivity index (χ1n) is 7.15. The van der Waals surface area contributed by atoms with Gasteiger partial charge in [-0.15, -0.1) is 0 Å². The van der Waals surface area contributed by atoms with Crippen LogP contribution in [0.2, 0.25) is 0 Å². The maximum atomic E-state index is 12.9. The van der Waals surface area contributed by atoms with Gasteiger partial charge in [-0.25, -0.2) is 0 Å². The third-order valence-electron chi connectivity index (χ3n) is 3.93. The Morgan fingerprint density at radius 2 is 2.00 bits per heavy atom. The lowest BCUT2D eigenvalue weighted by molar-refractivity contribution is -0.127. The first-order chi connectivity index (χ1) is 9.98. The van der Waals surface area contributed by atoms with Crippen LogP contribution in [0.1, 0.15) is 32.6 Å². The highest BCUT2D eigenvalue weighted by Crippen LogP contribution is 2.38. The molecule has 116 valence electrons. The molecule has 6 heteroatoms. The minimum Gasteiger partial charge on any atom is -0.324 e. The maximum Gasteiger partial charge on any atom is 0.231 e. The topological polar surface area (TPSA) is 41.1 Å². The summed E-state index contributed by atoms with van der Waals surface area (Å²) in [4.78, 5) is 12.9. The molecule has 0 aliphatic carbocycles. The minimum atomic E-state index is -0.293. The normalized spacial score (nSPS) is 22.1. The summed E-state index contributed by atoms with van der Waals surface area (Å²) >= 11 is 10.5. The van der Waals surface area contributed by atoms with Crippen molar-refractivity contribution in [3.63, 3.8) is 0 Å². The van der Waals surface area contributed by atoms with Crippen molar-refractivity contribution in [2.75, 3.05) is 18.4 Å². The van der Waals surface area contributed by atoms with E-state index in [1.807, 2.05) is 12.1 Å². The Labute approximate surface area is 151 Å². The molecule has 1 aromatic carbocycles. The number of benzene rings is 1. The first-order valence-corrected chi connectivity index (χ1v) is 9.53. The van der Waals surface area contributed by atoms with E-state index in [0.29, 0.717) is 0 Å². The fourth-order valence-electron chi connectivity index (χ4n) is 2.87. The van der Waals surface area contributed by atoms with Crippen LogP contribution in [0.25, 0.3) is 0 Å². The van der Waals surface area contributed by atoms with Crippen LogP contribution in [0.15, 0.2) is 25.6 Å². The molecule has 21 heavy (non-hydrogen) atoms. The van der Waals surface area contributed by atoms with E-state index < -0.39 is 0 Å². The van der Waals surface area contributed by atoms with Gasteiger partial charge in [0.2, 0.25) is 5.91 Å². The molecule has 0 spiro atoms. The number of carbonyl (C=O) groups excluding carboxylic acids is 1. The molecule has 1 amide bonds. The fourth-order valence-corrected chi connectivity index (χ4v) is 5.33. The Morgan fingerprint density at radius 3 is 2.52 bits per heavy atom. The Bertz CT molecular complexity index is 499. The lowest BCUT2D eigenvalue weighted by atomic mass is 9.76. The summed E-state index contributed by atoms with van der Waals surface area (Å²) in [5, 5.41) is 6.48. The highest BCUT2D eigenvalue weighted by Gasteiger charge is 2.39. The van der Waals surface area contributed by atoms with Crippen molar-refractivity contribution in [1.29, 1.82) is 0 Å². The van der Waals surface area contributed by atoms with Gasteiger partial charge in [-0.2, -0.15) is 0 Å². The zero-order chi connectivity index (χ0) is 15.5. The minimum absolute atomic E-state index is 0.111. The van der Waals surface area contributed by atoms with E-state index in [0.717, 1.165) is 57.9 Å². The van der Waals surface area contributed by atoms with Gasteiger partial charge in [0.1, 0.15) is 0 Å². The molecule has 1 unspecified atom stereocenters. The lowest BCUT2D eigenvalue weighted by Gasteiger charge is -2.36. The van der Waals surface area contributed by atoms with Crippen LogP contribution in [0.4, 0.5) is 5.69 Å². The second-order valence-corrected chi connectivity index (χ2v) is 8.13. The van der Waals surface area contributed by atoms with Gasteiger partial charge in [-0.1, -0.05) is 29.3 Å². The largest absolute Gasteiger partial charge is 0.324 e. The molecule has 2 rings (SSSR count). The quantitative estimate of drug-likeness (QED) is 0.628. The molecule has 3 nitrogen and oxygen atoms in total. The zero-order valence-electron chi connectivity index (χ0n) is 11.9. The van der Waals surface area contributed by atoms with Crippen LogP contribution < -0.4 is 10.6 Å². The van der Waals surface area contributed by atoms with E-state index in [1.54, 1.807) is 0 Å². The van der Waals surface area contributed by atoms with E-state index in [2.05, 4.69) is 65.3 Å². The number of nitrogens with one attached hydrogen (secondary N) is 2. The number of anilines is 1. The second kappa shape index (κ2) is 7.57. The molecule has 1 aliphatic heterocycles. The van der Waals surface area contributed by atoms with Crippen molar-refractivity contribution >= 4 is 59.4 Å². The van der Waals surface area contributed by atoms with Crippen LogP contribution in [-0.4, -0.2) is 19.0 Å². The van der Waals surface area contributed by atoms with Crippen molar-refractivity contribution in [2.24, 2.45) is 5.41 Å². The van der Waals surface area contributed by atoms with Crippen molar-refractivity contribution in [2.45, 2.75) is 32.6 Å². The van der Waals surface area contributed by atoms with Gasteiger partial charge in [0.05, 0.1) is 11.1 Å². The third-order valence-corrected chi connectivity index (χ3v) is 5.64. The van der Waals surface area contributed by atoms with E-state index in [1.165, 1.54) is 0 Å². The van der Waals surface area contributed by atoms with Crippen LogP contribution in [-0.2, 0) is 4.79 Å². The molecular formula is C15H19Br3N2O. The molecule has 1 saturated heterocycles. The van der Waals surface area contributed by atoms with Gasteiger partial charge in [-0.3, -0.25) is 4.79 Å². The molecular weight excluding hydrogens is 464 g/mol. The Balaban J connectivity index is 2.23. The van der Waals surface area contributed by atoms with E-state index in [-0.39, 0.29) is 11.3 Å². The van der Waals surface area contributed by atoms with Crippen molar-refractivity contribution < 1.29 is 4.79 Å². The SMILES string of the molecule is CCCC1(C(=O)Nc2c(Br)cc(Br)cc2Br)CCCNC1. The number of amides is 1. The Kier molecular flexibility index (Phi) is 6.29. The molecule has 2 N–H and O–H groups in total. The van der Waals surface area contributed by atoms with Crippen molar-refractivity contribution in [3.05, 3.63) is 25.6 Å². The van der Waals surface area contributed by atoms with Crippen molar-refractivity contribution in [3.8, 4) is 0 Å². The van der Waals surface area contributed by atoms with Crippen LogP contribution in [0.5, 0.6) is 0 Å². The Hall–Kier alpha value is 0.0900. The summed E-state index contributed by atoms with van der Waals surface area (Å²) in [7, 11) is 0. The summed E-state index contributed by atoms with van der Waals surface area (Å²) in [6.45, 7) is 3.90. The highest BCUT2D eigenvalue weighted by atomic mass is 79.9. The summed E-state index contributed by atoms with van der Waals surface area (Å²) < 4.78 is 2.70. The number of hydrogen-bond donors (Lipinski definition) is 2. The predicted molar refractivity (Wildman–Crippen MR) is 97.6 cm³/mol. The molecule has 0 saturated carbocycles. The third kappa shape index (κ3) is 4.09. The van der Waals surface area contributed by atoms with Gasteiger partial charge in [0.25, 0.3) is 0 Å². The van der Waals surface area contributed by atoms with Crippen LogP contribution in [0, 0.1) is 5.41 Å². The van der Waals surface area contributed by atoms with E-state index in [4.69, 9.17) is 0 Å². The number of hydrogen-bond acceptors (Lipinski definition) is 2. The van der Waals surface area contributed by atoms with Gasteiger partial charge in [0.15, 0.2) is 0 Å². The highest BCUT2D eigenvalue weighted by molar-refractivity contribution is 9.11. The number of rotatable bonds is 4. The van der Waals surface area contributed by atoms with Gasteiger partial charge in [-0.05, 0) is 69.8 Å². The average molecular weight is 483 g/mol. The second-order valence-electron chi connectivity index (χ2n) is 5.51. The molecule has 1 aliphatic rings. The molecule has 0 radical (unpaired) electrons. The molecule has 0 bridgehead atoms. The van der Waals surface area contributed by atoms with Crippen LogP contribution >= 0.6 is 47.8 Å². The molecule has 1 heterocycles. The summed E-state index contributed by atoms with van der Waals surface area (Å²) in [5.74, 6) is 0.111. The van der Waals surface area contributed by atoms with E-state index >= 15 is 0 Å². The van der Waals surface area contributed by atoms with Crippen LogP contribution in [0.3, 0.4) is 0 Å². The predicted octanol–water partition coefficient (Wildman–Crippen LogP) is 5.08. The standard InChI is InChI=1S/C15H19Br3N2O/c1-2-4-15(5-3-6-19-9-15)14(21)20-13-11(17)7-10(16)8-12(13)18/h7-8,19H,2-6,9H2,1H3,(H,20,21). The van der Waals surface area contributed by atoms with Gasteiger partial charge >= 0.3 is 0 Å². The van der Waals surface area contributed by atoms with E-state index in [9.17, 15) is 4.79 Å². The fraction of sp³-hybridized carbons (Fsp3) is 0.533. The summed E-state index contributed by atoms with van der Waals surface area (Å²) in [5.41, 5.74) is 0.503. The van der Waals surface area contributed by atoms with Gasteiger partial charge < -0.3 is 10.6 Å². The summed E-state index contributed by atoms with van der Waals surface area (Å²) in [6, 6.07) is 3.87. The Morgan fingerprint density at radius 1 is 1.33 bits per heavy atom. The van der Waals surface area contributed by atoms with Gasteiger partial charge in [0, 0.05) is 20.0 Å². The number of halogens is 3. The van der Waals surface area contributed by atoms with Crippen molar-refractivity contribution in [1.82, 2.24) is 5.32 Å². The first kappa shape index (κ1) is 17.4. The number of carbonyl (C=O) groups is 1. The molecule has 1 fully saturated rings. The average Bonchev–Trinajstić information content (AvgIpc) is 2.44. The lowest BCUT2D eigenvalue weighted by Crippen LogP contribution is -2.48. The zero-order valence-corrected chi connectivity index (χ0v) is 16.7. The monoisotopic (exact) mass is 480 g/mol. The molecule has 0 aromatic heterocycles. The maximum absolute atomic E-state index is 12.9. The molecule has 1 aromatic rings. The number of piperidine rings is 1. The molecule has 1 atom stereocenters. The smallest absolute Gasteiger partial charge is 0.231 e.